The maximum atomic E-state index is 2.43. The second-order valence-corrected chi connectivity index (χ2v) is 11.2. The molecule has 19 heavy (non-hydrogen) atoms. The van der Waals surface area contributed by atoms with Gasteiger partial charge in [0, 0.05) is 7.26 Å². The zero-order valence-electron chi connectivity index (χ0n) is 14.3. The van der Waals surface area contributed by atoms with Gasteiger partial charge in [-0.05, 0) is 33.6 Å². The van der Waals surface area contributed by atoms with Gasteiger partial charge in [-0.1, -0.05) is 58.3 Å². The average Bonchev–Trinajstić information content (AvgIpc) is 2.46. The van der Waals surface area contributed by atoms with Gasteiger partial charge in [-0.2, -0.15) is 0 Å². The van der Waals surface area contributed by atoms with Gasteiger partial charge in [0.25, 0.3) is 0 Å². The highest BCUT2D eigenvalue weighted by Crippen LogP contribution is 2.58. The quantitative estimate of drug-likeness (QED) is 0.239. The van der Waals surface area contributed by atoms with E-state index < -0.39 is 7.26 Å². The van der Waals surface area contributed by atoms with Crippen LogP contribution in [0.1, 0.15) is 91.9 Å². The number of unbranched alkanes of at least 4 members (excludes halogenated alkanes) is 9. The molecule has 116 valence electrons. The van der Waals surface area contributed by atoms with E-state index >= 15 is 0 Å². The van der Waals surface area contributed by atoms with E-state index in [0.717, 1.165) is 0 Å². The first kappa shape index (κ1) is 19.4. The highest BCUT2D eigenvalue weighted by Gasteiger charge is 2.29. The van der Waals surface area contributed by atoms with Crippen molar-refractivity contribution in [3.8, 4) is 0 Å². The molecule has 0 aromatic carbocycles. The van der Waals surface area contributed by atoms with Crippen LogP contribution in [0.3, 0.4) is 0 Å². The Morgan fingerprint density at radius 3 is 1.21 bits per heavy atom. The van der Waals surface area contributed by atoms with Crippen LogP contribution in [-0.4, -0.2) is 24.6 Å². The van der Waals surface area contributed by atoms with Crippen molar-refractivity contribution in [1.29, 1.82) is 0 Å². The molecule has 0 saturated carbocycles. The van der Waals surface area contributed by atoms with Gasteiger partial charge in [0.15, 0.2) is 0 Å². The van der Waals surface area contributed by atoms with Crippen LogP contribution in [0.4, 0.5) is 0 Å². The van der Waals surface area contributed by atoms with Crippen molar-refractivity contribution in [2.45, 2.75) is 91.9 Å². The summed E-state index contributed by atoms with van der Waals surface area (Å²) in [4.78, 5) is 0. The molecule has 0 nitrogen and oxygen atoms in total. The maximum absolute atomic E-state index is 2.43. The Morgan fingerprint density at radius 1 is 0.474 bits per heavy atom. The molecule has 0 amide bonds. The molecule has 0 saturated heterocycles. The van der Waals surface area contributed by atoms with Crippen LogP contribution in [0.5, 0.6) is 0 Å². The molecule has 0 bridgehead atoms. The normalized spacial score (nSPS) is 12.0. The summed E-state index contributed by atoms with van der Waals surface area (Å²) in [6.45, 7) is 9.58. The van der Waals surface area contributed by atoms with E-state index in [1.54, 1.807) is 6.16 Å². The van der Waals surface area contributed by atoms with Crippen LogP contribution < -0.4 is 0 Å². The molecule has 0 heterocycles. The standard InChI is InChI=1S/C18H40P/c1-5-9-10-11-12-13-14-15-16-17-18-19(6-2,7-3)8-4/h5-18H2,1-4H3/q+1. The van der Waals surface area contributed by atoms with Gasteiger partial charge in [0.2, 0.25) is 0 Å². The molecule has 0 aliphatic carbocycles. The predicted molar refractivity (Wildman–Crippen MR) is 95.3 cm³/mol. The second kappa shape index (κ2) is 13.4. The third-order valence-corrected chi connectivity index (χ3v) is 10.3. The molecular formula is C18H40P+. The van der Waals surface area contributed by atoms with Gasteiger partial charge in [-0.3, -0.25) is 0 Å². The lowest BCUT2D eigenvalue weighted by Gasteiger charge is -2.23. The van der Waals surface area contributed by atoms with Gasteiger partial charge < -0.3 is 0 Å². The Balaban J connectivity index is 3.35. The molecule has 0 fully saturated rings. The molecule has 0 radical (unpaired) electrons. The molecule has 0 aliphatic rings. The SMILES string of the molecule is CCCCCCCCCCCC[P+](CC)(CC)CC. The first-order valence-corrected chi connectivity index (χ1v) is 11.6. The van der Waals surface area contributed by atoms with Crippen molar-refractivity contribution in [1.82, 2.24) is 0 Å². The Hall–Kier alpha value is 0.430. The topological polar surface area (TPSA) is 0 Å². The van der Waals surface area contributed by atoms with E-state index in [1.807, 2.05) is 0 Å². The lowest BCUT2D eigenvalue weighted by Crippen LogP contribution is -2.07. The summed E-state index contributed by atoms with van der Waals surface area (Å²) < 4.78 is 0. The summed E-state index contributed by atoms with van der Waals surface area (Å²) in [5, 5.41) is 0. The first-order chi connectivity index (χ1) is 9.24. The van der Waals surface area contributed by atoms with E-state index in [9.17, 15) is 0 Å². The van der Waals surface area contributed by atoms with Gasteiger partial charge in [0.1, 0.15) is 0 Å². The van der Waals surface area contributed by atoms with Crippen LogP contribution in [0.15, 0.2) is 0 Å². The molecule has 0 aromatic rings. The van der Waals surface area contributed by atoms with E-state index in [4.69, 9.17) is 0 Å². The molecule has 1 heteroatoms. The lowest BCUT2D eigenvalue weighted by molar-refractivity contribution is 0.562. The van der Waals surface area contributed by atoms with E-state index in [2.05, 4.69) is 27.7 Å². The third kappa shape index (κ3) is 9.89. The fraction of sp³-hybridized carbons (Fsp3) is 1.00. The van der Waals surface area contributed by atoms with Gasteiger partial charge in [-0.15, -0.1) is 0 Å². The second-order valence-electron chi connectivity index (χ2n) is 6.20. The molecule has 0 N–H and O–H groups in total. The molecular weight excluding hydrogens is 247 g/mol. The fourth-order valence-corrected chi connectivity index (χ4v) is 6.26. The van der Waals surface area contributed by atoms with Crippen molar-refractivity contribution in [2.24, 2.45) is 0 Å². The zero-order chi connectivity index (χ0) is 14.4. The predicted octanol–water partition coefficient (Wildman–Crippen LogP) is 6.98. The molecule has 0 rings (SSSR count). The van der Waals surface area contributed by atoms with E-state index in [0.29, 0.717) is 0 Å². The smallest absolute Gasteiger partial charge is 0.0594 e. The van der Waals surface area contributed by atoms with Crippen LogP contribution in [0.25, 0.3) is 0 Å². The highest BCUT2D eigenvalue weighted by molar-refractivity contribution is 7.75. The Labute approximate surface area is 124 Å². The van der Waals surface area contributed by atoms with Crippen molar-refractivity contribution in [3.05, 3.63) is 0 Å². The summed E-state index contributed by atoms with van der Waals surface area (Å²) in [6, 6.07) is 0. The number of hydrogen-bond donors (Lipinski definition) is 0. The Morgan fingerprint density at radius 2 is 0.842 bits per heavy atom. The zero-order valence-corrected chi connectivity index (χ0v) is 15.2. The van der Waals surface area contributed by atoms with Crippen molar-refractivity contribution in [3.63, 3.8) is 0 Å². The van der Waals surface area contributed by atoms with Crippen LogP contribution in [-0.2, 0) is 0 Å². The maximum Gasteiger partial charge on any atom is 0.0594 e. The lowest BCUT2D eigenvalue weighted by atomic mass is 10.1. The highest BCUT2D eigenvalue weighted by atomic mass is 31.2. The van der Waals surface area contributed by atoms with Gasteiger partial charge in [0.05, 0.1) is 24.6 Å². The van der Waals surface area contributed by atoms with Crippen LogP contribution in [0.2, 0.25) is 0 Å². The molecule has 0 spiro atoms. The summed E-state index contributed by atoms with van der Waals surface area (Å²) in [5.74, 6) is 0. The van der Waals surface area contributed by atoms with E-state index in [-0.39, 0.29) is 0 Å². The number of rotatable bonds is 14. The monoisotopic (exact) mass is 287 g/mol. The third-order valence-electron chi connectivity index (χ3n) is 5.00. The minimum absolute atomic E-state index is 0.513. The first-order valence-electron chi connectivity index (χ1n) is 9.09. The fourth-order valence-electron chi connectivity index (χ4n) is 3.08. The summed E-state index contributed by atoms with van der Waals surface area (Å²) in [7, 11) is -0.513. The van der Waals surface area contributed by atoms with Crippen molar-refractivity contribution in [2.75, 3.05) is 24.6 Å². The summed E-state index contributed by atoms with van der Waals surface area (Å²) >= 11 is 0. The largest absolute Gasteiger partial charge is 0.0654 e. The molecule has 0 atom stereocenters. The minimum atomic E-state index is -0.513. The number of hydrogen-bond acceptors (Lipinski definition) is 0. The van der Waals surface area contributed by atoms with E-state index in [1.165, 1.54) is 82.7 Å². The van der Waals surface area contributed by atoms with Crippen LogP contribution in [0, 0.1) is 0 Å². The van der Waals surface area contributed by atoms with Crippen molar-refractivity contribution < 1.29 is 0 Å². The van der Waals surface area contributed by atoms with Gasteiger partial charge in [-0.25, -0.2) is 0 Å². The Bertz CT molecular complexity index is 164. The molecule has 0 aromatic heterocycles. The Kier molecular flexibility index (Phi) is 13.7. The summed E-state index contributed by atoms with van der Waals surface area (Å²) in [5.41, 5.74) is 0. The summed E-state index contributed by atoms with van der Waals surface area (Å²) in [6.07, 6.45) is 20.7. The average molecular weight is 287 g/mol. The molecule has 0 unspecified atom stereocenters. The van der Waals surface area contributed by atoms with Crippen molar-refractivity contribution >= 4 is 7.26 Å². The van der Waals surface area contributed by atoms with Gasteiger partial charge >= 0.3 is 0 Å². The minimum Gasteiger partial charge on any atom is -0.0654 e. The van der Waals surface area contributed by atoms with Crippen LogP contribution >= 0.6 is 7.26 Å². The molecule has 0 aliphatic heterocycles.